The quantitative estimate of drug-likeness (QED) is 0.422. The molecule has 5 rings (SSSR count). The summed E-state index contributed by atoms with van der Waals surface area (Å²) in [7, 11) is 1.50. The Morgan fingerprint density at radius 2 is 1.83 bits per heavy atom. The van der Waals surface area contributed by atoms with Gasteiger partial charge in [0.05, 0.1) is 35.9 Å². The molecule has 11 heteroatoms. The molecule has 4 aromatic rings. The van der Waals surface area contributed by atoms with Crippen molar-refractivity contribution >= 4 is 62.6 Å². The first kappa shape index (κ1) is 23.4. The monoisotopic (exact) mass is 514 g/mol. The molecule has 9 nitrogen and oxygen atoms in total. The Bertz CT molecular complexity index is 1450. The number of ether oxygens (including phenoxy) is 2. The number of anilines is 1. The highest BCUT2D eigenvalue weighted by Gasteiger charge is 2.30. The zero-order chi connectivity index (χ0) is 24.7. The molecule has 2 N–H and O–H groups in total. The Kier molecular flexibility index (Phi) is 6.24. The van der Waals surface area contributed by atoms with Crippen LogP contribution in [0.25, 0.3) is 21.9 Å². The lowest BCUT2D eigenvalue weighted by atomic mass is 10.0. The van der Waals surface area contributed by atoms with Crippen LogP contribution in [0, 0.1) is 0 Å². The van der Waals surface area contributed by atoms with E-state index in [2.05, 4.69) is 4.98 Å². The third-order valence-corrected chi connectivity index (χ3v) is 6.37. The lowest BCUT2D eigenvalue weighted by molar-refractivity contribution is 0.0300. The van der Waals surface area contributed by atoms with Gasteiger partial charge in [-0.15, -0.1) is 0 Å². The second-order valence-electron chi connectivity index (χ2n) is 7.83. The Morgan fingerprint density at radius 3 is 2.49 bits per heavy atom. The summed E-state index contributed by atoms with van der Waals surface area (Å²) in [5.74, 6) is -0.552. The van der Waals surface area contributed by atoms with Crippen LogP contribution in [0.1, 0.15) is 20.7 Å². The van der Waals surface area contributed by atoms with Crippen LogP contribution < -0.4 is 15.5 Å². The van der Waals surface area contributed by atoms with Crippen molar-refractivity contribution in [3.8, 4) is 5.75 Å². The summed E-state index contributed by atoms with van der Waals surface area (Å²) in [6.07, 6.45) is 2.86. The van der Waals surface area contributed by atoms with E-state index in [1.807, 2.05) is 5.01 Å². The number of carbonyl (C=O) groups is 2. The number of primary amides is 1. The fourth-order valence-electron chi connectivity index (χ4n) is 4.21. The molecule has 0 spiro atoms. The summed E-state index contributed by atoms with van der Waals surface area (Å²) in [5, 5.41) is 4.76. The van der Waals surface area contributed by atoms with Gasteiger partial charge in [-0.1, -0.05) is 23.2 Å². The molecular weight excluding hydrogens is 495 g/mol. The summed E-state index contributed by atoms with van der Waals surface area (Å²) >= 11 is 12.9. The molecule has 3 heterocycles. The van der Waals surface area contributed by atoms with Crippen molar-refractivity contribution in [1.82, 2.24) is 9.99 Å². The number of hydrogen-bond donors (Lipinski definition) is 1. The van der Waals surface area contributed by atoms with Gasteiger partial charge in [0.1, 0.15) is 11.3 Å². The number of hydrazine groups is 1. The smallest absolute Gasteiger partial charge is 0.272 e. The van der Waals surface area contributed by atoms with Gasteiger partial charge in [0.15, 0.2) is 11.3 Å². The fourth-order valence-corrected chi connectivity index (χ4v) is 4.73. The molecule has 0 atom stereocenters. The highest BCUT2D eigenvalue weighted by atomic mass is 35.5. The number of hydrogen-bond acceptors (Lipinski definition) is 7. The van der Waals surface area contributed by atoms with Gasteiger partial charge in [0.2, 0.25) is 5.91 Å². The second-order valence-corrected chi connectivity index (χ2v) is 8.65. The van der Waals surface area contributed by atoms with Gasteiger partial charge in [-0.3, -0.25) is 14.6 Å². The number of pyridine rings is 1. The van der Waals surface area contributed by atoms with E-state index >= 15 is 0 Å². The largest absolute Gasteiger partial charge is 0.493 e. The van der Waals surface area contributed by atoms with Crippen molar-refractivity contribution in [1.29, 1.82) is 0 Å². The van der Waals surface area contributed by atoms with Crippen molar-refractivity contribution in [3.05, 3.63) is 63.9 Å². The van der Waals surface area contributed by atoms with E-state index in [1.54, 1.807) is 30.3 Å². The number of aromatic nitrogens is 1. The number of morpholine rings is 1. The minimum atomic E-state index is -0.623. The normalized spacial score (nSPS) is 14.4. The number of carbonyl (C=O) groups excluding carboxylic acids is 2. The average molecular weight is 515 g/mol. The number of rotatable bonds is 5. The number of halogens is 2. The Hall–Kier alpha value is -3.37. The van der Waals surface area contributed by atoms with Crippen LogP contribution in [0.5, 0.6) is 5.75 Å². The first-order valence-electron chi connectivity index (χ1n) is 10.7. The third kappa shape index (κ3) is 4.06. The molecule has 35 heavy (non-hydrogen) atoms. The van der Waals surface area contributed by atoms with Gasteiger partial charge in [-0.05, 0) is 30.3 Å². The first-order chi connectivity index (χ1) is 16.9. The molecule has 0 radical (unpaired) electrons. The van der Waals surface area contributed by atoms with Crippen LogP contribution in [0.2, 0.25) is 10.0 Å². The minimum absolute atomic E-state index is 0.230. The van der Waals surface area contributed by atoms with Gasteiger partial charge in [0.25, 0.3) is 5.91 Å². The van der Waals surface area contributed by atoms with E-state index in [1.165, 1.54) is 24.5 Å². The lowest BCUT2D eigenvalue weighted by Gasteiger charge is -2.37. The van der Waals surface area contributed by atoms with Crippen molar-refractivity contribution in [2.24, 2.45) is 5.73 Å². The Labute approximate surface area is 209 Å². The van der Waals surface area contributed by atoms with Crippen molar-refractivity contribution < 1.29 is 23.5 Å². The maximum atomic E-state index is 14.0. The maximum Gasteiger partial charge on any atom is 0.272 e. The van der Waals surface area contributed by atoms with Crippen molar-refractivity contribution in [2.45, 2.75) is 0 Å². The number of nitrogens with two attached hydrogens (primary N) is 1. The van der Waals surface area contributed by atoms with Crippen LogP contribution >= 0.6 is 23.2 Å². The fraction of sp³-hybridized carbons (Fsp3) is 0.208. The van der Waals surface area contributed by atoms with Gasteiger partial charge in [-0.25, -0.2) is 10.0 Å². The predicted molar refractivity (Wildman–Crippen MR) is 132 cm³/mol. The molecule has 0 unspecified atom stereocenters. The molecule has 180 valence electrons. The van der Waals surface area contributed by atoms with Crippen molar-refractivity contribution in [3.63, 3.8) is 0 Å². The number of furan rings is 1. The van der Waals surface area contributed by atoms with Crippen LogP contribution in [0.4, 0.5) is 5.69 Å². The first-order valence-corrected chi connectivity index (χ1v) is 11.5. The SMILES string of the molecule is COc1ccc(C(N)=O)c2c1oc1ccc(C(=O)N(c3c(Cl)cncc3Cl)N3CCOCC3)cc12. The Morgan fingerprint density at radius 1 is 1.11 bits per heavy atom. The van der Waals surface area contributed by atoms with E-state index in [-0.39, 0.29) is 21.5 Å². The van der Waals surface area contributed by atoms with E-state index in [4.69, 9.17) is 42.8 Å². The molecule has 2 aromatic heterocycles. The molecule has 0 aliphatic carbocycles. The zero-order valence-electron chi connectivity index (χ0n) is 18.6. The van der Waals surface area contributed by atoms with Crippen LogP contribution in [0.3, 0.4) is 0 Å². The molecule has 1 aliphatic heterocycles. The highest BCUT2D eigenvalue weighted by molar-refractivity contribution is 6.40. The zero-order valence-corrected chi connectivity index (χ0v) is 20.1. The number of methoxy groups -OCH3 is 1. The third-order valence-electron chi connectivity index (χ3n) is 5.82. The minimum Gasteiger partial charge on any atom is -0.493 e. The van der Waals surface area contributed by atoms with Crippen LogP contribution in [0.15, 0.2) is 47.1 Å². The second kappa shape index (κ2) is 9.35. The van der Waals surface area contributed by atoms with Crippen molar-refractivity contribution in [2.75, 3.05) is 38.4 Å². The van der Waals surface area contributed by atoms with Gasteiger partial charge in [0, 0.05) is 41.8 Å². The standard InChI is InChI=1S/C24H20Cl2N4O5/c1-33-19-5-3-14(23(27)31)20-15-10-13(2-4-18(15)35-22(19)20)24(32)30(29-6-8-34-9-7-29)21-16(25)11-28-12-17(21)26/h2-5,10-12H,6-9H2,1H3,(H2,27,31). The van der Waals surface area contributed by atoms with E-state index in [0.29, 0.717) is 65.2 Å². The van der Waals surface area contributed by atoms with Crippen LogP contribution in [-0.2, 0) is 4.74 Å². The molecule has 0 saturated carbocycles. The van der Waals surface area contributed by atoms with Gasteiger partial charge < -0.3 is 19.6 Å². The van der Waals surface area contributed by atoms with E-state index < -0.39 is 5.91 Å². The van der Waals surface area contributed by atoms with Crippen LogP contribution in [-0.4, -0.2) is 55.2 Å². The summed E-state index contributed by atoms with van der Waals surface area (Å²) in [5.41, 5.74) is 7.38. The summed E-state index contributed by atoms with van der Waals surface area (Å²) < 4.78 is 16.8. The molecule has 1 fully saturated rings. The van der Waals surface area contributed by atoms with E-state index in [9.17, 15) is 9.59 Å². The Balaban J connectivity index is 1.69. The summed E-state index contributed by atoms with van der Waals surface area (Å²) in [6.45, 7) is 1.80. The molecule has 2 aromatic carbocycles. The number of fused-ring (bicyclic) bond motifs is 3. The maximum absolute atomic E-state index is 14.0. The predicted octanol–water partition coefficient (Wildman–Crippen LogP) is 4.29. The highest BCUT2D eigenvalue weighted by Crippen LogP contribution is 2.39. The molecular formula is C24H20Cl2N4O5. The number of nitrogens with zero attached hydrogens (tertiary/aromatic N) is 3. The molecule has 1 saturated heterocycles. The van der Waals surface area contributed by atoms with Gasteiger partial charge >= 0.3 is 0 Å². The average Bonchev–Trinajstić information content (AvgIpc) is 3.24. The number of benzene rings is 2. The molecule has 0 bridgehead atoms. The number of amides is 2. The van der Waals surface area contributed by atoms with E-state index in [0.717, 1.165) is 0 Å². The topological polar surface area (TPSA) is 111 Å². The lowest BCUT2D eigenvalue weighted by Crippen LogP contribution is -2.52. The summed E-state index contributed by atoms with van der Waals surface area (Å²) in [4.78, 5) is 30.1. The van der Waals surface area contributed by atoms with Gasteiger partial charge in [-0.2, -0.15) is 0 Å². The molecule has 1 aliphatic rings. The molecule has 2 amide bonds. The summed E-state index contributed by atoms with van der Waals surface area (Å²) in [6, 6.07) is 8.15.